The predicted octanol–water partition coefficient (Wildman–Crippen LogP) is 3.89. The molecule has 0 saturated carbocycles. The summed E-state index contributed by atoms with van der Waals surface area (Å²) >= 11 is 7.41. The lowest BCUT2D eigenvalue weighted by Crippen LogP contribution is -2.23. The van der Waals surface area contributed by atoms with Crippen LogP contribution in [0.25, 0.3) is 0 Å². The van der Waals surface area contributed by atoms with Gasteiger partial charge in [0.2, 0.25) is 0 Å². The summed E-state index contributed by atoms with van der Waals surface area (Å²) in [7, 11) is 0. The first kappa shape index (κ1) is 12.9. The minimum atomic E-state index is -0.00119. The second kappa shape index (κ2) is 5.89. The van der Waals surface area contributed by atoms with Crippen molar-refractivity contribution in [3.8, 4) is 0 Å². The number of hydrogen-bond acceptors (Lipinski definition) is 2. The number of rotatable bonds is 3. The lowest BCUT2D eigenvalue weighted by molar-refractivity contribution is 0.837. The Kier molecular flexibility index (Phi) is 4.23. The van der Waals surface area contributed by atoms with E-state index in [0.717, 1.165) is 14.9 Å². The summed E-state index contributed by atoms with van der Waals surface area (Å²) in [5, 5.41) is 3.05. The van der Waals surface area contributed by atoms with Crippen molar-refractivity contribution in [3.63, 3.8) is 0 Å². The molecule has 1 unspecified atom stereocenters. The topological polar surface area (TPSA) is 50.4 Å². The fourth-order valence-electron chi connectivity index (χ4n) is 1.53. The van der Waals surface area contributed by atoms with E-state index >= 15 is 0 Å². The first-order valence-corrected chi connectivity index (χ1v) is 6.75. The van der Waals surface area contributed by atoms with Crippen molar-refractivity contribution in [2.45, 2.75) is 13.0 Å². The Balaban J connectivity index is 2.04. The molecule has 0 bridgehead atoms. The van der Waals surface area contributed by atoms with Crippen molar-refractivity contribution in [3.05, 3.63) is 51.7 Å². The monoisotopic (exact) mass is 279 g/mol. The van der Waals surface area contributed by atoms with E-state index in [1.165, 1.54) is 11.3 Å². The van der Waals surface area contributed by atoms with Crippen LogP contribution in [-0.4, -0.2) is 5.96 Å². The molecule has 0 fully saturated rings. The van der Waals surface area contributed by atoms with Crippen LogP contribution in [0.3, 0.4) is 0 Å². The average Bonchev–Trinajstić information content (AvgIpc) is 2.77. The third kappa shape index (κ3) is 3.48. The number of guanidine groups is 1. The van der Waals surface area contributed by atoms with Crippen molar-refractivity contribution in [2.24, 2.45) is 10.7 Å². The number of hydrogen-bond donors (Lipinski definition) is 2. The third-order valence-electron chi connectivity index (χ3n) is 2.38. The van der Waals surface area contributed by atoms with E-state index in [4.69, 9.17) is 17.3 Å². The molecule has 0 spiro atoms. The van der Waals surface area contributed by atoms with Crippen LogP contribution < -0.4 is 11.1 Å². The molecule has 18 heavy (non-hydrogen) atoms. The van der Waals surface area contributed by atoms with Crippen molar-refractivity contribution in [1.29, 1.82) is 0 Å². The molecule has 3 nitrogen and oxygen atoms in total. The Morgan fingerprint density at radius 1 is 1.28 bits per heavy atom. The third-order valence-corrected chi connectivity index (χ3v) is 3.79. The highest BCUT2D eigenvalue weighted by Crippen LogP contribution is 2.28. The van der Waals surface area contributed by atoms with E-state index in [9.17, 15) is 0 Å². The number of anilines is 1. The number of nitrogens with one attached hydrogen (secondary N) is 1. The fraction of sp³-hybridized carbons (Fsp3) is 0.154. The Morgan fingerprint density at radius 2 is 2.00 bits per heavy atom. The maximum atomic E-state index is 5.89. The second-order valence-electron chi connectivity index (χ2n) is 3.82. The number of nitrogens with zero attached hydrogens (tertiary/aromatic N) is 1. The number of nitrogens with two attached hydrogens (primary N) is 1. The molecule has 94 valence electrons. The summed E-state index contributed by atoms with van der Waals surface area (Å²) in [5.74, 6) is 0.401. The molecule has 3 N–H and O–H groups in total. The Hall–Kier alpha value is -1.52. The molecule has 0 amide bonds. The van der Waals surface area contributed by atoms with Crippen molar-refractivity contribution in [2.75, 3.05) is 5.32 Å². The highest BCUT2D eigenvalue weighted by atomic mass is 35.5. The molecule has 0 radical (unpaired) electrons. The standard InChI is InChI=1S/C13H14ClN3S/c1-9(11-7-8-12(14)18-11)16-13(15)17-10-5-3-2-4-6-10/h2-9H,1H3,(H3,15,16,17). The van der Waals surface area contributed by atoms with Crippen LogP contribution in [0.1, 0.15) is 17.8 Å². The highest BCUT2D eigenvalue weighted by Gasteiger charge is 2.07. The molecule has 0 aliphatic carbocycles. The SMILES string of the molecule is CC(N=C(N)Nc1ccccc1)c1ccc(Cl)s1. The van der Waals surface area contributed by atoms with E-state index in [0.29, 0.717) is 5.96 Å². The van der Waals surface area contributed by atoms with E-state index in [-0.39, 0.29) is 6.04 Å². The van der Waals surface area contributed by atoms with Gasteiger partial charge in [0.25, 0.3) is 0 Å². The molecule has 1 heterocycles. The number of para-hydroxylation sites is 1. The van der Waals surface area contributed by atoms with Gasteiger partial charge in [0.15, 0.2) is 5.96 Å². The zero-order valence-corrected chi connectivity index (χ0v) is 11.5. The van der Waals surface area contributed by atoms with Gasteiger partial charge in [-0.1, -0.05) is 29.8 Å². The summed E-state index contributed by atoms with van der Waals surface area (Å²) in [6.07, 6.45) is 0. The van der Waals surface area contributed by atoms with E-state index < -0.39 is 0 Å². The largest absolute Gasteiger partial charge is 0.370 e. The molecular formula is C13H14ClN3S. The fourth-order valence-corrected chi connectivity index (χ4v) is 2.58. The quantitative estimate of drug-likeness (QED) is 0.661. The molecule has 0 aliphatic heterocycles. The molecule has 5 heteroatoms. The summed E-state index contributed by atoms with van der Waals surface area (Å²) in [5.41, 5.74) is 6.79. The van der Waals surface area contributed by atoms with E-state index in [1.54, 1.807) is 0 Å². The van der Waals surface area contributed by atoms with Crippen LogP contribution in [0.4, 0.5) is 5.69 Å². The molecule has 2 rings (SSSR count). The van der Waals surface area contributed by atoms with E-state index in [2.05, 4.69) is 10.3 Å². The van der Waals surface area contributed by atoms with Gasteiger partial charge >= 0.3 is 0 Å². The number of benzene rings is 1. The molecule has 0 aliphatic rings. The predicted molar refractivity (Wildman–Crippen MR) is 79.4 cm³/mol. The van der Waals surface area contributed by atoms with Gasteiger partial charge in [-0.15, -0.1) is 11.3 Å². The second-order valence-corrected chi connectivity index (χ2v) is 5.57. The smallest absolute Gasteiger partial charge is 0.193 e. The zero-order chi connectivity index (χ0) is 13.0. The number of halogens is 1. The van der Waals surface area contributed by atoms with Crippen molar-refractivity contribution < 1.29 is 0 Å². The number of aliphatic imine (C=N–C) groups is 1. The average molecular weight is 280 g/mol. The Labute approximate surface area is 115 Å². The normalized spacial score (nSPS) is 13.3. The first-order valence-electron chi connectivity index (χ1n) is 5.56. The maximum absolute atomic E-state index is 5.89. The van der Waals surface area contributed by atoms with Gasteiger partial charge in [0.05, 0.1) is 10.4 Å². The lowest BCUT2D eigenvalue weighted by atomic mass is 10.3. The Morgan fingerprint density at radius 3 is 2.61 bits per heavy atom. The van der Waals surface area contributed by atoms with Gasteiger partial charge < -0.3 is 11.1 Å². The minimum Gasteiger partial charge on any atom is -0.370 e. The van der Waals surface area contributed by atoms with Crippen molar-refractivity contribution >= 4 is 34.6 Å². The summed E-state index contributed by atoms with van der Waals surface area (Å²) in [6.45, 7) is 1.99. The summed E-state index contributed by atoms with van der Waals surface area (Å²) < 4.78 is 0.765. The molecule has 1 aromatic carbocycles. The zero-order valence-electron chi connectivity index (χ0n) is 9.93. The first-order chi connectivity index (χ1) is 8.65. The molecule has 1 atom stereocenters. The number of thiophene rings is 1. The molecule has 2 aromatic rings. The van der Waals surface area contributed by atoms with Gasteiger partial charge in [-0.25, -0.2) is 4.99 Å². The van der Waals surface area contributed by atoms with Crippen LogP contribution >= 0.6 is 22.9 Å². The lowest BCUT2D eigenvalue weighted by Gasteiger charge is -2.08. The maximum Gasteiger partial charge on any atom is 0.193 e. The summed E-state index contributed by atoms with van der Waals surface area (Å²) in [4.78, 5) is 5.49. The van der Waals surface area contributed by atoms with Crippen molar-refractivity contribution in [1.82, 2.24) is 0 Å². The van der Waals surface area contributed by atoms with Gasteiger partial charge in [0.1, 0.15) is 0 Å². The van der Waals surface area contributed by atoms with E-state index in [1.807, 2.05) is 49.4 Å². The van der Waals surface area contributed by atoms with Crippen LogP contribution in [0.5, 0.6) is 0 Å². The Bertz CT molecular complexity index is 536. The van der Waals surface area contributed by atoms with Crippen LogP contribution in [-0.2, 0) is 0 Å². The molecule has 0 saturated heterocycles. The van der Waals surface area contributed by atoms with Crippen LogP contribution in [0.2, 0.25) is 4.34 Å². The van der Waals surface area contributed by atoms with Gasteiger partial charge in [-0.3, -0.25) is 0 Å². The van der Waals surface area contributed by atoms with Gasteiger partial charge in [0, 0.05) is 10.6 Å². The van der Waals surface area contributed by atoms with Crippen LogP contribution in [0, 0.1) is 0 Å². The molecule has 1 aromatic heterocycles. The minimum absolute atomic E-state index is 0.00119. The van der Waals surface area contributed by atoms with Gasteiger partial charge in [-0.2, -0.15) is 0 Å². The summed E-state index contributed by atoms with van der Waals surface area (Å²) in [6, 6.07) is 13.6. The van der Waals surface area contributed by atoms with Crippen LogP contribution in [0.15, 0.2) is 47.5 Å². The highest BCUT2D eigenvalue weighted by molar-refractivity contribution is 7.16. The molecular weight excluding hydrogens is 266 g/mol. The van der Waals surface area contributed by atoms with Gasteiger partial charge in [-0.05, 0) is 31.2 Å².